The average Bonchev–Trinajstić information content (AvgIpc) is 3.21. The lowest BCUT2D eigenvalue weighted by molar-refractivity contribution is -0.132. The number of furan rings is 1. The summed E-state index contributed by atoms with van der Waals surface area (Å²) in [4.78, 5) is 27.4. The molecule has 1 aliphatic heterocycles. The molecule has 0 saturated carbocycles. The summed E-state index contributed by atoms with van der Waals surface area (Å²) < 4.78 is 20.8. The summed E-state index contributed by atoms with van der Waals surface area (Å²) in [7, 11) is 0. The minimum atomic E-state index is -0.616. The van der Waals surface area contributed by atoms with Gasteiger partial charge in [0.1, 0.15) is 0 Å². The first kappa shape index (κ1) is 17.8. The molecule has 7 nitrogen and oxygen atoms in total. The summed E-state index contributed by atoms with van der Waals surface area (Å²) in [5.41, 5.74) is 0.612. The Balaban J connectivity index is 1.97. The largest absolute Gasteiger partial charge is 0.490 e. The van der Waals surface area contributed by atoms with Crippen molar-refractivity contribution >= 4 is 35.5 Å². The standard InChI is InChI=1S/C18H14ClNO6/c1-3-23-15-9-11(7-12(19)16(15)25-10(2)21)8-13-18(22)26-17(20-13)14-5-4-6-24-14/h4-9H,3H2,1-2H3/b13-8+. The molecule has 2 aromatic rings. The Morgan fingerprint density at radius 1 is 1.38 bits per heavy atom. The predicted octanol–water partition coefficient (Wildman–Crippen LogP) is 3.60. The van der Waals surface area contributed by atoms with Crippen molar-refractivity contribution in [2.24, 2.45) is 4.99 Å². The minimum Gasteiger partial charge on any atom is -0.490 e. The van der Waals surface area contributed by atoms with Crippen LogP contribution in [0, 0.1) is 0 Å². The van der Waals surface area contributed by atoms with E-state index in [9.17, 15) is 9.59 Å². The maximum atomic E-state index is 12.0. The summed E-state index contributed by atoms with van der Waals surface area (Å²) in [5.74, 6) is -0.305. The van der Waals surface area contributed by atoms with Crippen LogP contribution in [-0.4, -0.2) is 24.4 Å². The van der Waals surface area contributed by atoms with Gasteiger partial charge in [0.05, 0.1) is 17.9 Å². The average molecular weight is 376 g/mol. The summed E-state index contributed by atoms with van der Waals surface area (Å²) in [5, 5.41) is 0.166. The molecule has 0 unspecified atom stereocenters. The summed E-state index contributed by atoms with van der Waals surface area (Å²) >= 11 is 6.19. The molecule has 8 heteroatoms. The predicted molar refractivity (Wildman–Crippen MR) is 93.2 cm³/mol. The second kappa shape index (κ2) is 7.45. The first-order chi connectivity index (χ1) is 12.5. The fraction of sp³-hybridized carbons (Fsp3) is 0.167. The number of aliphatic imine (C=N–C) groups is 1. The fourth-order valence-electron chi connectivity index (χ4n) is 2.25. The fourth-order valence-corrected chi connectivity index (χ4v) is 2.51. The van der Waals surface area contributed by atoms with Gasteiger partial charge in [-0.05, 0) is 42.8 Å². The number of carbonyl (C=O) groups excluding carboxylic acids is 2. The highest BCUT2D eigenvalue weighted by Gasteiger charge is 2.26. The van der Waals surface area contributed by atoms with E-state index in [-0.39, 0.29) is 28.1 Å². The highest BCUT2D eigenvalue weighted by molar-refractivity contribution is 6.32. The Hall–Kier alpha value is -3.06. The normalized spacial score (nSPS) is 15.0. The zero-order valence-corrected chi connectivity index (χ0v) is 14.7. The Kier molecular flexibility index (Phi) is 5.09. The van der Waals surface area contributed by atoms with Crippen LogP contribution in [-0.2, 0) is 14.3 Å². The summed E-state index contributed by atoms with van der Waals surface area (Å²) in [6.45, 7) is 3.39. The van der Waals surface area contributed by atoms with Crippen LogP contribution in [0.1, 0.15) is 25.2 Å². The number of cyclic esters (lactones) is 1. The first-order valence-electron chi connectivity index (χ1n) is 7.69. The van der Waals surface area contributed by atoms with Gasteiger partial charge in [0.15, 0.2) is 23.0 Å². The van der Waals surface area contributed by atoms with Crippen LogP contribution in [0.3, 0.4) is 0 Å². The van der Waals surface area contributed by atoms with Gasteiger partial charge in [-0.2, -0.15) is 0 Å². The molecule has 0 atom stereocenters. The van der Waals surface area contributed by atoms with Gasteiger partial charge in [0, 0.05) is 6.92 Å². The van der Waals surface area contributed by atoms with E-state index < -0.39 is 11.9 Å². The Bertz CT molecular complexity index is 914. The summed E-state index contributed by atoms with van der Waals surface area (Å²) in [6.07, 6.45) is 2.94. The molecule has 3 rings (SSSR count). The zero-order valence-electron chi connectivity index (χ0n) is 13.9. The van der Waals surface area contributed by atoms with Crippen LogP contribution in [0.5, 0.6) is 11.5 Å². The molecule has 0 fully saturated rings. The molecule has 0 aliphatic carbocycles. The number of hydrogen-bond acceptors (Lipinski definition) is 7. The van der Waals surface area contributed by atoms with Crippen molar-refractivity contribution in [1.82, 2.24) is 0 Å². The second-order valence-electron chi connectivity index (χ2n) is 5.17. The quantitative estimate of drug-likeness (QED) is 0.450. The monoisotopic (exact) mass is 375 g/mol. The van der Waals surface area contributed by atoms with Crippen LogP contribution in [0.2, 0.25) is 5.02 Å². The third-order valence-electron chi connectivity index (χ3n) is 3.23. The number of halogens is 1. The number of carbonyl (C=O) groups is 2. The smallest absolute Gasteiger partial charge is 0.363 e. The van der Waals surface area contributed by atoms with Gasteiger partial charge >= 0.3 is 11.9 Å². The van der Waals surface area contributed by atoms with Crippen molar-refractivity contribution in [3.8, 4) is 11.5 Å². The van der Waals surface area contributed by atoms with Crippen molar-refractivity contribution in [3.05, 3.63) is 52.6 Å². The lowest BCUT2D eigenvalue weighted by Crippen LogP contribution is -2.05. The maximum Gasteiger partial charge on any atom is 0.363 e. The molecule has 0 radical (unpaired) electrons. The Morgan fingerprint density at radius 2 is 2.19 bits per heavy atom. The Labute approximate surface area is 153 Å². The molecule has 0 saturated heterocycles. The Morgan fingerprint density at radius 3 is 2.85 bits per heavy atom. The number of ether oxygens (including phenoxy) is 3. The van der Waals surface area contributed by atoms with Crippen LogP contribution >= 0.6 is 11.6 Å². The molecule has 1 aliphatic rings. The minimum absolute atomic E-state index is 0.0788. The molecule has 0 bridgehead atoms. The molecular weight excluding hydrogens is 362 g/mol. The number of esters is 2. The molecule has 1 aromatic carbocycles. The van der Waals surface area contributed by atoms with Crippen molar-refractivity contribution in [3.63, 3.8) is 0 Å². The molecule has 26 heavy (non-hydrogen) atoms. The van der Waals surface area contributed by atoms with E-state index in [1.54, 1.807) is 25.1 Å². The SMILES string of the molecule is CCOc1cc(/C=C2/N=C(c3ccco3)OC2=O)cc(Cl)c1OC(C)=O. The van der Waals surface area contributed by atoms with Gasteiger partial charge < -0.3 is 18.6 Å². The van der Waals surface area contributed by atoms with E-state index in [1.165, 1.54) is 25.3 Å². The lowest BCUT2D eigenvalue weighted by Gasteiger charge is -2.12. The highest BCUT2D eigenvalue weighted by atomic mass is 35.5. The maximum absolute atomic E-state index is 12.0. The topological polar surface area (TPSA) is 87.3 Å². The van der Waals surface area contributed by atoms with Crippen molar-refractivity contribution in [1.29, 1.82) is 0 Å². The molecular formula is C18H14ClNO6. The van der Waals surface area contributed by atoms with E-state index in [1.807, 2.05) is 0 Å². The third kappa shape index (κ3) is 3.78. The van der Waals surface area contributed by atoms with Crippen LogP contribution in [0.15, 0.2) is 45.6 Å². The molecule has 134 valence electrons. The molecule has 0 spiro atoms. The zero-order chi connectivity index (χ0) is 18.7. The first-order valence-corrected chi connectivity index (χ1v) is 8.07. The molecule has 1 aromatic heterocycles. The molecule has 0 amide bonds. The van der Waals surface area contributed by atoms with Gasteiger partial charge in [-0.1, -0.05) is 11.6 Å². The molecule has 2 heterocycles. The van der Waals surface area contributed by atoms with Crippen LogP contribution in [0.4, 0.5) is 0 Å². The highest BCUT2D eigenvalue weighted by Crippen LogP contribution is 2.37. The van der Waals surface area contributed by atoms with Crippen molar-refractivity contribution < 1.29 is 28.2 Å². The van der Waals surface area contributed by atoms with E-state index in [0.29, 0.717) is 17.9 Å². The third-order valence-corrected chi connectivity index (χ3v) is 3.51. The van der Waals surface area contributed by atoms with Crippen LogP contribution in [0.25, 0.3) is 6.08 Å². The van der Waals surface area contributed by atoms with E-state index in [0.717, 1.165) is 0 Å². The number of benzene rings is 1. The van der Waals surface area contributed by atoms with E-state index in [4.69, 9.17) is 30.2 Å². The number of nitrogens with zero attached hydrogens (tertiary/aromatic N) is 1. The van der Waals surface area contributed by atoms with Gasteiger partial charge in [-0.15, -0.1) is 0 Å². The van der Waals surface area contributed by atoms with Gasteiger partial charge in [-0.3, -0.25) is 4.79 Å². The van der Waals surface area contributed by atoms with E-state index in [2.05, 4.69) is 4.99 Å². The van der Waals surface area contributed by atoms with Gasteiger partial charge in [0.2, 0.25) is 0 Å². The van der Waals surface area contributed by atoms with Crippen molar-refractivity contribution in [2.75, 3.05) is 6.61 Å². The number of rotatable bonds is 5. The number of hydrogen-bond donors (Lipinski definition) is 0. The van der Waals surface area contributed by atoms with E-state index >= 15 is 0 Å². The van der Waals surface area contributed by atoms with Gasteiger partial charge in [0.25, 0.3) is 5.90 Å². The summed E-state index contributed by atoms with van der Waals surface area (Å²) in [6, 6.07) is 6.42. The molecule has 0 N–H and O–H groups in total. The second-order valence-corrected chi connectivity index (χ2v) is 5.58. The lowest BCUT2D eigenvalue weighted by atomic mass is 10.1. The van der Waals surface area contributed by atoms with Crippen LogP contribution < -0.4 is 9.47 Å². The van der Waals surface area contributed by atoms with Crippen molar-refractivity contribution in [2.45, 2.75) is 13.8 Å². The van der Waals surface area contributed by atoms with Gasteiger partial charge in [-0.25, -0.2) is 9.79 Å².